The Hall–Kier alpha value is -2.17. The lowest BCUT2D eigenvalue weighted by Crippen LogP contribution is -2.53. The van der Waals surface area contributed by atoms with Crippen LogP contribution in [-0.2, 0) is 27.2 Å². The number of imide groups is 1. The molecule has 1 aromatic rings. The molecule has 5 nitrogen and oxygen atoms in total. The zero-order chi connectivity index (χ0) is 14.3. The fourth-order valence-electron chi connectivity index (χ4n) is 3.02. The minimum atomic E-state index is -0.562. The standard InChI is InChI=1S/C15H16N2O3/c1-2-9-4-3-5-11-10(9)8-14(19)17(11)12-6-7-13(18)16-15(12)20/h3-5,12H,2,6-8H2,1H3,(H,16,18,20). The van der Waals surface area contributed by atoms with Gasteiger partial charge in [-0.1, -0.05) is 19.1 Å². The molecule has 2 aliphatic heterocycles. The third-order valence-electron chi connectivity index (χ3n) is 4.01. The Balaban J connectivity index is 1.98. The Morgan fingerprint density at radius 3 is 2.80 bits per heavy atom. The summed E-state index contributed by atoms with van der Waals surface area (Å²) in [4.78, 5) is 37.1. The van der Waals surface area contributed by atoms with Crippen molar-refractivity contribution in [2.24, 2.45) is 0 Å². The second-order valence-corrected chi connectivity index (χ2v) is 5.18. The van der Waals surface area contributed by atoms with E-state index in [4.69, 9.17) is 0 Å². The molecule has 0 radical (unpaired) electrons. The summed E-state index contributed by atoms with van der Waals surface area (Å²) < 4.78 is 0. The average molecular weight is 272 g/mol. The number of aryl methyl sites for hydroxylation is 1. The molecule has 1 fully saturated rings. The van der Waals surface area contributed by atoms with Crippen LogP contribution in [0, 0.1) is 0 Å². The van der Waals surface area contributed by atoms with Gasteiger partial charge in [0.2, 0.25) is 17.7 Å². The SMILES string of the molecule is CCc1cccc2c1CC(=O)N2C1CCC(=O)NC1=O. The van der Waals surface area contributed by atoms with E-state index in [1.54, 1.807) is 4.90 Å². The predicted molar refractivity (Wildman–Crippen MR) is 73.2 cm³/mol. The molecule has 1 aromatic carbocycles. The van der Waals surface area contributed by atoms with Crippen LogP contribution in [0.25, 0.3) is 0 Å². The summed E-state index contributed by atoms with van der Waals surface area (Å²) in [6.07, 6.45) is 1.88. The van der Waals surface area contributed by atoms with Gasteiger partial charge in [0.25, 0.3) is 0 Å². The molecule has 0 aromatic heterocycles. The van der Waals surface area contributed by atoms with Crippen LogP contribution < -0.4 is 10.2 Å². The van der Waals surface area contributed by atoms with Gasteiger partial charge >= 0.3 is 0 Å². The molecule has 1 atom stereocenters. The molecule has 2 heterocycles. The van der Waals surface area contributed by atoms with Gasteiger partial charge in [0.05, 0.1) is 6.42 Å². The van der Waals surface area contributed by atoms with E-state index >= 15 is 0 Å². The molecule has 104 valence electrons. The molecule has 1 unspecified atom stereocenters. The monoisotopic (exact) mass is 272 g/mol. The lowest BCUT2D eigenvalue weighted by Gasteiger charge is -2.30. The Bertz CT molecular complexity index is 609. The van der Waals surface area contributed by atoms with Gasteiger partial charge in [-0.05, 0) is 30.0 Å². The molecule has 5 heteroatoms. The molecular weight excluding hydrogens is 256 g/mol. The van der Waals surface area contributed by atoms with E-state index in [0.717, 1.165) is 23.2 Å². The summed E-state index contributed by atoms with van der Waals surface area (Å²) in [5.74, 6) is -0.694. The van der Waals surface area contributed by atoms with Crippen molar-refractivity contribution in [1.29, 1.82) is 0 Å². The highest BCUT2D eigenvalue weighted by molar-refractivity contribution is 6.10. The molecule has 0 spiro atoms. The molecular formula is C15H16N2O3. The lowest BCUT2D eigenvalue weighted by atomic mass is 10.0. The summed E-state index contributed by atoms with van der Waals surface area (Å²) in [6, 6.07) is 5.24. The van der Waals surface area contributed by atoms with Crippen LogP contribution >= 0.6 is 0 Å². The highest BCUT2D eigenvalue weighted by Crippen LogP contribution is 2.34. The van der Waals surface area contributed by atoms with Gasteiger partial charge in [-0.2, -0.15) is 0 Å². The van der Waals surface area contributed by atoms with Crippen molar-refractivity contribution in [3.8, 4) is 0 Å². The number of rotatable bonds is 2. The number of nitrogens with zero attached hydrogens (tertiary/aromatic N) is 1. The van der Waals surface area contributed by atoms with Crippen LogP contribution in [0.1, 0.15) is 30.9 Å². The fraction of sp³-hybridized carbons (Fsp3) is 0.400. The first-order chi connectivity index (χ1) is 9.61. The zero-order valence-electron chi connectivity index (χ0n) is 11.3. The van der Waals surface area contributed by atoms with Crippen LogP contribution in [0.15, 0.2) is 18.2 Å². The first-order valence-corrected chi connectivity index (χ1v) is 6.88. The molecule has 1 N–H and O–H groups in total. The molecule has 0 aliphatic carbocycles. The average Bonchev–Trinajstić information content (AvgIpc) is 2.75. The minimum absolute atomic E-state index is 0.0598. The Kier molecular flexibility index (Phi) is 3.04. The Morgan fingerprint density at radius 2 is 2.10 bits per heavy atom. The predicted octanol–water partition coefficient (Wildman–Crippen LogP) is 0.943. The molecule has 1 saturated heterocycles. The summed E-state index contributed by atoms with van der Waals surface area (Å²) >= 11 is 0. The van der Waals surface area contributed by atoms with Crippen LogP contribution in [-0.4, -0.2) is 23.8 Å². The quantitative estimate of drug-likeness (QED) is 0.815. The second kappa shape index (κ2) is 4.74. The van der Waals surface area contributed by atoms with E-state index in [9.17, 15) is 14.4 Å². The van der Waals surface area contributed by atoms with Crippen molar-refractivity contribution in [2.45, 2.75) is 38.6 Å². The fourth-order valence-corrected chi connectivity index (χ4v) is 3.02. The molecule has 3 rings (SSSR count). The second-order valence-electron chi connectivity index (χ2n) is 5.18. The topological polar surface area (TPSA) is 66.5 Å². The third kappa shape index (κ3) is 1.90. The summed E-state index contributed by atoms with van der Waals surface area (Å²) in [6.45, 7) is 2.05. The summed E-state index contributed by atoms with van der Waals surface area (Å²) in [5.41, 5.74) is 2.99. The highest BCUT2D eigenvalue weighted by Gasteiger charge is 2.39. The number of benzene rings is 1. The van der Waals surface area contributed by atoms with Gasteiger partial charge in [-0.3, -0.25) is 24.6 Å². The van der Waals surface area contributed by atoms with Gasteiger partial charge in [-0.25, -0.2) is 0 Å². The van der Waals surface area contributed by atoms with E-state index in [1.807, 2.05) is 18.2 Å². The third-order valence-corrected chi connectivity index (χ3v) is 4.01. The molecule has 3 amide bonds. The van der Waals surface area contributed by atoms with Gasteiger partial charge < -0.3 is 0 Å². The number of amides is 3. The van der Waals surface area contributed by atoms with Crippen molar-refractivity contribution in [3.63, 3.8) is 0 Å². The highest BCUT2D eigenvalue weighted by atomic mass is 16.2. The summed E-state index contributed by atoms with van der Waals surface area (Å²) in [5, 5.41) is 2.31. The lowest BCUT2D eigenvalue weighted by molar-refractivity contribution is -0.135. The minimum Gasteiger partial charge on any atom is -0.299 e. The van der Waals surface area contributed by atoms with Gasteiger partial charge in [-0.15, -0.1) is 0 Å². The number of nitrogens with one attached hydrogen (secondary N) is 1. The summed E-state index contributed by atoms with van der Waals surface area (Å²) in [7, 11) is 0. The van der Waals surface area contributed by atoms with E-state index in [1.165, 1.54) is 0 Å². The number of piperidine rings is 1. The molecule has 2 aliphatic rings. The maximum Gasteiger partial charge on any atom is 0.249 e. The number of carbonyl (C=O) groups is 3. The Morgan fingerprint density at radius 1 is 1.30 bits per heavy atom. The normalized spacial score (nSPS) is 21.9. The van der Waals surface area contributed by atoms with E-state index in [0.29, 0.717) is 12.8 Å². The van der Waals surface area contributed by atoms with Gasteiger partial charge in [0.1, 0.15) is 6.04 Å². The number of hydrogen-bond donors (Lipinski definition) is 1. The van der Waals surface area contributed by atoms with Crippen molar-refractivity contribution < 1.29 is 14.4 Å². The largest absolute Gasteiger partial charge is 0.299 e. The van der Waals surface area contributed by atoms with Crippen LogP contribution in [0.2, 0.25) is 0 Å². The van der Waals surface area contributed by atoms with Crippen LogP contribution in [0.3, 0.4) is 0 Å². The molecule has 0 bridgehead atoms. The van der Waals surface area contributed by atoms with Crippen molar-refractivity contribution >= 4 is 23.4 Å². The van der Waals surface area contributed by atoms with Crippen LogP contribution in [0.4, 0.5) is 5.69 Å². The maximum atomic E-state index is 12.3. The smallest absolute Gasteiger partial charge is 0.249 e. The number of hydrogen-bond acceptors (Lipinski definition) is 3. The van der Waals surface area contributed by atoms with Crippen molar-refractivity contribution in [2.75, 3.05) is 4.90 Å². The van der Waals surface area contributed by atoms with E-state index in [-0.39, 0.29) is 24.1 Å². The number of fused-ring (bicyclic) bond motifs is 1. The van der Waals surface area contributed by atoms with Crippen molar-refractivity contribution in [1.82, 2.24) is 5.32 Å². The van der Waals surface area contributed by atoms with Gasteiger partial charge in [0, 0.05) is 12.1 Å². The number of anilines is 1. The molecule has 0 saturated carbocycles. The first-order valence-electron chi connectivity index (χ1n) is 6.88. The first kappa shape index (κ1) is 12.8. The molecule has 20 heavy (non-hydrogen) atoms. The van der Waals surface area contributed by atoms with Crippen molar-refractivity contribution in [3.05, 3.63) is 29.3 Å². The number of carbonyl (C=O) groups excluding carboxylic acids is 3. The van der Waals surface area contributed by atoms with E-state index in [2.05, 4.69) is 12.2 Å². The zero-order valence-corrected chi connectivity index (χ0v) is 11.3. The van der Waals surface area contributed by atoms with Gasteiger partial charge in [0.15, 0.2) is 0 Å². The van der Waals surface area contributed by atoms with E-state index < -0.39 is 6.04 Å². The maximum absolute atomic E-state index is 12.3. The Labute approximate surface area is 116 Å². The van der Waals surface area contributed by atoms with Crippen LogP contribution in [0.5, 0.6) is 0 Å².